The maximum absolute atomic E-state index is 12.7. The average Bonchev–Trinajstić information content (AvgIpc) is 2.95. The first-order valence-corrected chi connectivity index (χ1v) is 9.89. The summed E-state index contributed by atoms with van der Waals surface area (Å²) in [5.74, 6) is 0.568. The smallest absolute Gasteiger partial charge is 0.263 e. The van der Waals surface area contributed by atoms with E-state index in [-0.39, 0.29) is 23.5 Å². The Labute approximate surface area is 148 Å². The summed E-state index contributed by atoms with van der Waals surface area (Å²) < 4.78 is 34.3. The number of hydrogen-bond donors (Lipinski definition) is 0. The van der Waals surface area contributed by atoms with Crippen LogP contribution in [0.1, 0.15) is 25.8 Å². The van der Waals surface area contributed by atoms with Gasteiger partial charge in [0, 0.05) is 18.7 Å². The van der Waals surface area contributed by atoms with E-state index in [0.717, 1.165) is 0 Å². The Morgan fingerprint density at radius 3 is 2.68 bits per heavy atom. The van der Waals surface area contributed by atoms with Crippen LogP contribution in [0.25, 0.3) is 0 Å². The molecule has 1 aliphatic rings. The summed E-state index contributed by atoms with van der Waals surface area (Å²) in [5.41, 5.74) is 0.425. The van der Waals surface area contributed by atoms with Crippen LogP contribution in [0.5, 0.6) is 11.5 Å². The third-order valence-corrected chi connectivity index (χ3v) is 5.97. The average molecular weight is 366 g/mol. The standard InChI is InChI=1S/C17H22N2O5S/c1-4-19(14-7-8-25(21,22)11-14)17(20)12(2)24-15-6-5-13(10-18)9-16(15)23-3/h5-6,9,12,14H,4,7-8,11H2,1-3H3/t12-,14-/m1/s1. The van der Waals surface area contributed by atoms with Crippen molar-refractivity contribution in [3.63, 3.8) is 0 Å². The maximum atomic E-state index is 12.7. The minimum Gasteiger partial charge on any atom is -0.493 e. The maximum Gasteiger partial charge on any atom is 0.263 e. The molecule has 1 aliphatic heterocycles. The largest absolute Gasteiger partial charge is 0.493 e. The molecule has 1 fully saturated rings. The number of hydrogen-bond acceptors (Lipinski definition) is 6. The van der Waals surface area contributed by atoms with Crippen LogP contribution in [0, 0.1) is 11.3 Å². The topological polar surface area (TPSA) is 96.7 Å². The fourth-order valence-corrected chi connectivity index (χ4v) is 4.65. The van der Waals surface area contributed by atoms with Crippen LogP contribution in [-0.2, 0) is 14.6 Å². The van der Waals surface area contributed by atoms with Gasteiger partial charge in [-0.05, 0) is 32.4 Å². The molecule has 1 heterocycles. The van der Waals surface area contributed by atoms with Crippen molar-refractivity contribution in [3.8, 4) is 17.6 Å². The second kappa shape index (κ2) is 7.74. The molecule has 0 aliphatic carbocycles. The first-order chi connectivity index (χ1) is 11.8. The van der Waals surface area contributed by atoms with Gasteiger partial charge in [-0.15, -0.1) is 0 Å². The van der Waals surface area contributed by atoms with Crippen LogP contribution in [-0.4, -0.2) is 56.5 Å². The fraction of sp³-hybridized carbons (Fsp3) is 0.529. The molecule has 2 atom stereocenters. The molecule has 0 bridgehead atoms. The first kappa shape index (κ1) is 19.1. The van der Waals surface area contributed by atoms with Gasteiger partial charge in [-0.3, -0.25) is 4.79 Å². The van der Waals surface area contributed by atoms with Crippen LogP contribution in [0.15, 0.2) is 18.2 Å². The third-order valence-electron chi connectivity index (χ3n) is 4.22. The molecule has 1 aromatic rings. The second-order valence-electron chi connectivity index (χ2n) is 5.92. The van der Waals surface area contributed by atoms with Gasteiger partial charge in [-0.1, -0.05) is 0 Å². The fourth-order valence-electron chi connectivity index (χ4n) is 2.92. The van der Waals surface area contributed by atoms with Crippen molar-refractivity contribution in [2.45, 2.75) is 32.4 Å². The SMILES string of the molecule is CCN(C(=O)[C@@H](C)Oc1ccc(C#N)cc1OC)[C@@H]1CCS(=O)(=O)C1. The highest BCUT2D eigenvalue weighted by atomic mass is 32.2. The zero-order valence-corrected chi connectivity index (χ0v) is 15.4. The summed E-state index contributed by atoms with van der Waals surface area (Å²) in [6, 6.07) is 6.40. The van der Waals surface area contributed by atoms with E-state index in [1.54, 1.807) is 24.0 Å². The summed E-state index contributed by atoms with van der Waals surface area (Å²) in [4.78, 5) is 14.3. The Kier molecular flexibility index (Phi) is 5.90. The number of carbonyl (C=O) groups is 1. The molecule has 2 rings (SSSR count). The number of amides is 1. The number of likely N-dealkylation sites (N-methyl/N-ethyl adjacent to an activating group) is 1. The van der Waals surface area contributed by atoms with Gasteiger partial charge in [0.1, 0.15) is 0 Å². The number of carbonyl (C=O) groups excluding carboxylic acids is 1. The number of benzene rings is 1. The van der Waals surface area contributed by atoms with Crippen molar-refractivity contribution in [2.75, 3.05) is 25.2 Å². The van der Waals surface area contributed by atoms with Gasteiger partial charge >= 0.3 is 0 Å². The van der Waals surface area contributed by atoms with E-state index in [1.165, 1.54) is 13.2 Å². The van der Waals surface area contributed by atoms with Gasteiger partial charge in [-0.2, -0.15) is 5.26 Å². The first-order valence-electron chi connectivity index (χ1n) is 8.07. The number of ether oxygens (including phenoxy) is 2. The summed E-state index contributed by atoms with van der Waals surface area (Å²) in [7, 11) is -1.62. The summed E-state index contributed by atoms with van der Waals surface area (Å²) in [6.07, 6.45) is -0.348. The lowest BCUT2D eigenvalue weighted by molar-refractivity contribution is -0.139. The van der Waals surface area contributed by atoms with Gasteiger partial charge in [0.25, 0.3) is 5.91 Å². The molecule has 1 aromatic carbocycles. The van der Waals surface area contributed by atoms with Crippen molar-refractivity contribution in [2.24, 2.45) is 0 Å². The molecule has 0 saturated carbocycles. The van der Waals surface area contributed by atoms with Crippen molar-refractivity contribution in [1.82, 2.24) is 4.90 Å². The lowest BCUT2D eigenvalue weighted by Gasteiger charge is -2.29. The second-order valence-corrected chi connectivity index (χ2v) is 8.15. The van der Waals surface area contributed by atoms with Crippen LogP contribution in [0.3, 0.4) is 0 Å². The molecule has 0 unspecified atom stereocenters. The van der Waals surface area contributed by atoms with Crippen LogP contribution < -0.4 is 9.47 Å². The molecular weight excluding hydrogens is 344 g/mol. The third kappa shape index (κ3) is 4.42. The predicted octanol–water partition coefficient (Wildman–Crippen LogP) is 1.37. The molecule has 136 valence electrons. The number of nitrogens with zero attached hydrogens (tertiary/aromatic N) is 2. The predicted molar refractivity (Wildman–Crippen MR) is 92.2 cm³/mol. The minimum absolute atomic E-state index is 0.000508. The van der Waals surface area contributed by atoms with Gasteiger partial charge < -0.3 is 14.4 Å². The number of nitriles is 1. The van der Waals surface area contributed by atoms with E-state index < -0.39 is 15.9 Å². The highest BCUT2D eigenvalue weighted by molar-refractivity contribution is 7.91. The van der Waals surface area contributed by atoms with Crippen LogP contribution in [0.2, 0.25) is 0 Å². The van der Waals surface area contributed by atoms with Crippen molar-refractivity contribution in [1.29, 1.82) is 5.26 Å². The Balaban J connectivity index is 2.13. The highest BCUT2D eigenvalue weighted by Gasteiger charge is 2.35. The monoisotopic (exact) mass is 366 g/mol. The van der Waals surface area contributed by atoms with E-state index in [9.17, 15) is 13.2 Å². The molecule has 1 amide bonds. The number of rotatable bonds is 6. The molecule has 1 saturated heterocycles. The molecule has 7 nitrogen and oxygen atoms in total. The van der Waals surface area contributed by atoms with E-state index in [1.807, 2.05) is 13.0 Å². The van der Waals surface area contributed by atoms with E-state index in [4.69, 9.17) is 14.7 Å². The lowest BCUT2D eigenvalue weighted by Crippen LogP contribution is -2.46. The number of methoxy groups -OCH3 is 1. The van der Waals surface area contributed by atoms with Gasteiger partial charge in [0.15, 0.2) is 27.4 Å². The molecule has 0 aromatic heterocycles. The summed E-state index contributed by atoms with van der Waals surface area (Å²) in [5, 5.41) is 8.93. The molecule has 8 heteroatoms. The molecule has 25 heavy (non-hydrogen) atoms. The Bertz CT molecular complexity index is 785. The summed E-state index contributed by atoms with van der Waals surface area (Å²) in [6.45, 7) is 3.85. The highest BCUT2D eigenvalue weighted by Crippen LogP contribution is 2.29. The van der Waals surface area contributed by atoms with Crippen molar-refractivity contribution >= 4 is 15.7 Å². The van der Waals surface area contributed by atoms with Crippen molar-refractivity contribution in [3.05, 3.63) is 23.8 Å². The Hall–Kier alpha value is -2.27. The van der Waals surface area contributed by atoms with Crippen molar-refractivity contribution < 1.29 is 22.7 Å². The Morgan fingerprint density at radius 1 is 1.44 bits per heavy atom. The van der Waals surface area contributed by atoms with Crippen LogP contribution in [0.4, 0.5) is 0 Å². The van der Waals surface area contributed by atoms with Gasteiger partial charge in [0.2, 0.25) is 0 Å². The van der Waals surface area contributed by atoms with E-state index >= 15 is 0 Å². The quantitative estimate of drug-likeness (QED) is 0.754. The molecule has 0 spiro atoms. The minimum atomic E-state index is -3.07. The lowest BCUT2D eigenvalue weighted by atomic mass is 10.2. The molecule has 0 radical (unpaired) electrons. The zero-order chi connectivity index (χ0) is 18.6. The Morgan fingerprint density at radius 2 is 2.16 bits per heavy atom. The van der Waals surface area contributed by atoms with Crippen LogP contribution >= 0.6 is 0 Å². The van der Waals surface area contributed by atoms with E-state index in [0.29, 0.717) is 30.0 Å². The van der Waals surface area contributed by atoms with Gasteiger partial charge in [0.05, 0.1) is 30.2 Å². The number of sulfone groups is 1. The molecular formula is C17H22N2O5S. The summed E-state index contributed by atoms with van der Waals surface area (Å²) >= 11 is 0. The van der Waals surface area contributed by atoms with E-state index in [2.05, 4.69) is 0 Å². The van der Waals surface area contributed by atoms with Gasteiger partial charge in [-0.25, -0.2) is 8.42 Å². The normalized spacial score (nSPS) is 19.7. The molecule has 0 N–H and O–H groups in total. The zero-order valence-electron chi connectivity index (χ0n) is 14.6.